The van der Waals surface area contributed by atoms with Crippen molar-refractivity contribution in [2.45, 2.75) is 31.5 Å². The fraction of sp³-hybridized carbons (Fsp3) is 0.333. The van der Waals surface area contributed by atoms with E-state index in [1.54, 1.807) is 6.20 Å². The molecule has 0 spiro atoms. The van der Waals surface area contributed by atoms with Crippen LogP contribution >= 0.6 is 11.8 Å². The van der Waals surface area contributed by atoms with Crippen LogP contribution < -0.4 is 10.5 Å². The van der Waals surface area contributed by atoms with Gasteiger partial charge in [0.2, 0.25) is 0 Å². The third kappa shape index (κ3) is 3.87. The third-order valence-corrected chi connectivity index (χ3v) is 3.31. The zero-order valence-corrected chi connectivity index (χ0v) is 12.8. The summed E-state index contributed by atoms with van der Waals surface area (Å²) < 4.78 is 5.62. The standard InChI is InChI=1S/C15H19N3OS/c1-10(2)19-13-6-4-11(5-7-13)8-12-9-17-15(20-3)18-14(12)16/h4-7,9-10H,8H2,1-3H3,(H2,16,17,18). The number of benzene rings is 1. The second-order valence-electron chi connectivity index (χ2n) is 4.75. The van der Waals surface area contributed by atoms with E-state index in [1.807, 2.05) is 44.4 Å². The Kier molecular flexibility index (Phi) is 4.84. The molecule has 0 aliphatic carbocycles. The quantitative estimate of drug-likeness (QED) is 0.676. The van der Waals surface area contributed by atoms with E-state index in [1.165, 1.54) is 11.8 Å². The number of nitrogens with zero attached hydrogens (tertiary/aromatic N) is 2. The summed E-state index contributed by atoms with van der Waals surface area (Å²) in [4.78, 5) is 8.51. The lowest BCUT2D eigenvalue weighted by molar-refractivity contribution is 0.242. The largest absolute Gasteiger partial charge is 0.491 e. The van der Waals surface area contributed by atoms with Gasteiger partial charge in [0.25, 0.3) is 0 Å². The predicted octanol–water partition coefficient (Wildman–Crippen LogP) is 3.16. The summed E-state index contributed by atoms with van der Waals surface area (Å²) in [6.45, 7) is 4.03. The maximum absolute atomic E-state index is 5.95. The average Bonchev–Trinajstić information content (AvgIpc) is 2.42. The number of ether oxygens (including phenoxy) is 1. The van der Waals surface area contributed by atoms with Crippen LogP contribution in [0.3, 0.4) is 0 Å². The molecule has 106 valence electrons. The van der Waals surface area contributed by atoms with E-state index in [2.05, 4.69) is 9.97 Å². The minimum atomic E-state index is 0.184. The molecule has 0 atom stereocenters. The predicted molar refractivity (Wildman–Crippen MR) is 83.2 cm³/mol. The lowest BCUT2D eigenvalue weighted by Gasteiger charge is -2.10. The van der Waals surface area contributed by atoms with Crippen molar-refractivity contribution in [1.82, 2.24) is 9.97 Å². The molecule has 5 heteroatoms. The first-order valence-corrected chi connectivity index (χ1v) is 7.72. The number of thioether (sulfide) groups is 1. The monoisotopic (exact) mass is 289 g/mol. The van der Waals surface area contributed by atoms with Crippen molar-refractivity contribution in [2.75, 3.05) is 12.0 Å². The summed E-state index contributed by atoms with van der Waals surface area (Å²) in [5.74, 6) is 1.43. The van der Waals surface area contributed by atoms with Gasteiger partial charge in [-0.3, -0.25) is 0 Å². The molecule has 1 aromatic carbocycles. The van der Waals surface area contributed by atoms with Crippen molar-refractivity contribution < 1.29 is 4.74 Å². The molecule has 1 aromatic heterocycles. The van der Waals surface area contributed by atoms with Crippen LogP contribution in [0.1, 0.15) is 25.0 Å². The summed E-state index contributed by atoms with van der Waals surface area (Å²) in [7, 11) is 0. The van der Waals surface area contributed by atoms with Crippen LogP contribution in [-0.4, -0.2) is 22.3 Å². The molecule has 1 heterocycles. The number of aromatic nitrogens is 2. The van der Waals surface area contributed by atoms with Crippen molar-refractivity contribution >= 4 is 17.6 Å². The Morgan fingerprint density at radius 3 is 2.50 bits per heavy atom. The Morgan fingerprint density at radius 1 is 1.25 bits per heavy atom. The van der Waals surface area contributed by atoms with Crippen LogP contribution in [0.5, 0.6) is 5.75 Å². The molecule has 2 N–H and O–H groups in total. The van der Waals surface area contributed by atoms with E-state index in [0.29, 0.717) is 11.0 Å². The van der Waals surface area contributed by atoms with Crippen molar-refractivity contribution in [3.63, 3.8) is 0 Å². The van der Waals surface area contributed by atoms with E-state index in [4.69, 9.17) is 10.5 Å². The fourth-order valence-electron chi connectivity index (χ4n) is 1.82. The number of nitrogens with two attached hydrogens (primary N) is 1. The van der Waals surface area contributed by atoms with E-state index in [9.17, 15) is 0 Å². The Labute approximate surface area is 123 Å². The summed E-state index contributed by atoms with van der Waals surface area (Å²) >= 11 is 1.49. The van der Waals surface area contributed by atoms with Gasteiger partial charge in [-0.2, -0.15) is 0 Å². The molecule has 0 saturated carbocycles. The maximum atomic E-state index is 5.95. The van der Waals surface area contributed by atoms with Gasteiger partial charge in [-0.1, -0.05) is 23.9 Å². The van der Waals surface area contributed by atoms with Crippen molar-refractivity contribution in [1.29, 1.82) is 0 Å². The molecule has 2 rings (SSSR count). The number of nitrogen functional groups attached to an aromatic ring is 1. The third-order valence-electron chi connectivity index (χ3n) is 2.75. The van der Waals surface area contributed by atoms with E-state index >= 15 is 0 Å². The molecule has 0 radical (unpaired) electrons. The molecular weight excluding hydrogens is 270 g/mol. The first-order valence-electron chi connectivity index (χ1n) is 6.49. The highest BCUT2D eigenvalue weighted by molar-refractivity contribution is 7.98. The van der Waals surface area contributed by atoms with Crippen LogP contribution in [0.15, 0.2) is 35.6 Å². The molecular formula is C15H19N3OS. The summed E-state index contributed by atoms with van der Waals surface area (Å²) in [5.41, 5.74) is 8.06. The molecule has 0 saturated heterocycles. The second-order valence-corrected chi connectivity index (χ2v) is 5.53. The smallest absolute Gasteiger partial charge is 0.189 e. The molecule has 0 unspecified atom stereocenters. The second kappa shape index (κ2) is 6.61. The van der Waals surface area contributed by atoms with Gasteiger partial charge < -0.3 is 10.5 Å². The molecule has 0 bridgehead atoms. The van der Waals surface area contributed by atoms with Crippen molar-refractivity contribution in [3.05, 3.63) is 41.6 Å². The SMILES string of the molecule is CSc1ncc(Cc2ccc(OC(C)C)cc2)c(N)n1. The summed E-state index contributed by atoms with van der Waals surface area (Å²) in [6.07, 6.45) is 4.64. The normalized spacial score (nSPS) is 10.8. The van der Waals surface area contributed by atoms with Gasteiger partial charge in [0, 0.05) is 18.2 Å². The molecule has 0 aliphatic rings. The molecule has 20 heavy (non-hydrogen) atoms. The van der Waals surface area contributed by atoms with E-state index < -0.39 is 0 Å². The highest BCUT2D eigenvalue weighted by atomic mass is 32.2. The minimum Gasteiger partial charge on any atom is -0.491 e. The molecule has 4 nitrogen and oxygen atoms in total. The van der Waals surface area contributed by atoms with Gasteiger partial charge in [0.15, 0.2) is 5.16 Å². The Hall–Kier alpha value is -1.75. The highest BCUT2D eigenvalue weighted by Crippen LogP contribution is 2.19. The number of hydrogen-bond donors (Lipinski definition) is 1. The van der Waals surface area contributed by atoms with Crippen LogP contribution in [0.25, 0.3) is 0 Å². The fourth-order valence-corrected chi connectivity index (χ4v) is 2.16. The van der Waals surface area contributed by atoms with Gasteiger partial charge in [-0.25, -0.2) is 9.97 Å². The molecule has 0 aliphatic heterocycles. The Morgan fingerprint density at radius 2 is 1.95 bits per heavy atom. The number of anilines is 1. The number of rotatable bonds is 5. The summed E-state index contributed by atoms with van der Waals surface area (Å²) in [6, 6.07) is 8.03. The maximum Gasteiger partial charge on any atom is 0.189 e. The van der Waals surface area contributed by atoms with E-state index in [0.717, 1.165) is 23.3 Å². The van der Waals surface area contributed by atoms with Gasteiger partial charge in [-0.15, -0.1) is 0 Å². The topological polar surface area (TPSA) is 61.0 Å². The van der Waals surface area contributed by atoms with Gasteiger partial charge in [-0.05, 0) is 37.8 Å². The summed E-state index contributed by atoms with van der Waals surface area (Å²) in [5, 5.41) is 0.701. The molecule has 0 amide bonds. The van der Waals surface area contributed by atoms with Crippen LogP contribution in [-0.2, 0) is 6.42 Å². The first-order chi connectivity index (χ1) is 9.58. The van der Waals surface area contributed by atoms with Crippen LogP contribution in [0, 0.1) is 0 Å². The zero-order valence-electron chi connectivity index (χ0n) is 12.0. The lowest BCUT2D eigenvalue weighted by Crippen LogP contribution is -2.05. The van der Waals surface area contributed by atoms with Gasteiger partial charge in [0.05, 0.1) is 6.10 Å². The first kappa shape index (κ1) is 14.7. The van der Waals surface area contributed by atoms with Crippen LogP contribution in [0.4, 0.5) is 5.82 Å². The highest BCUT2D eigenvalue weighted by Gasteiger charge is 2.05. The lowest BCUT2D eigenvalue weighted by atomic mass is 10.1. The Bertz CT molecular complexity index is 570. The van der Waals surface area contributed by atoms with Crippen molar-refractivity contribution in [2.24, 2.45) is 0 Å². The number of hydrogen-bond acceptors (Lipinski definition) is 5. The Balaban J connectivity index is 2.10. The van der Waals surface area contributed by atoms with Crippen molar-refractivity contribution in [3.8, 4) is 5.75 Å². The molecule has 2 aromatic rings. The van der Waals surface area contributed by atoms with Crippen LogP contribution in [0.2, 0.25) is 0 Å². The van der Waals surface area contributed by atoms with Gasteiger partial charge >= 0.3 is 0 Å². The van der Waals surface area contributed by atoms with Gasteiger partial charge in [0.1, 0.15) is 11.6 Å². The zero-order chi connectivity index (χ0) is 14.5. The average molecular weight is 289 g/mol. The molecule has 0 fully saturated rings. The minimum absolute atomic E-state index is 0.184. The van der Waals surface area contributed by atoms with E-state index in [-0.39, 0.29) is 6.10 Å².